The number of ether oxygens (including phenoxy) is 2. The molecule has 0 aliphatic carbocycles. The monoisotopic (exact) mass is 541 g/mol. The van der Waals surface area contributed by atoms with Crippen LogP contribution >= 0.6 is 15.9 Å². The molecule has 2 heterocycles. The van der Waals surface area contributed by atoms with E-state index >= 15 is 0 Å². The van der Waals surface area contributed by atoms with Gasteiger partial charge in [0, 0.05) is 27.1 Å². The zero-order valence-corrected chi connectivity index (χ0v) is 20.9. The molecule has 0 fully saturated rings. The molecule has 8 heteroatoms. The minimum atomic E-state index is -0.161. The second-order valence-corrected chi connectivity index (χ2v) is 8.90. The summed E-state index contributed by atoms with van der Waals surface area (Å²) in [6.07, 6.45) is 7.01. The van der Waals surface area contributed by atoms with E-state index in [-0.39, 0.29) is 19.0 Å². The summed E-state index contributed by atoms with van der Waals surface area (Å²) >= 11 is 3.39. The van der Waals surface area contributed by atoms with Crippen molar-refractivity contribution in [2.24, 2.45) is 0 Å². The van der Waals surface area contributed by atoms with E-state index in [1.165, 1.54) is 0 Å². The molecule has 3 aromatic carbocycles. The van der Waals surface area contributed by atoms with Gasteiger partial charge in [0.1, 0.15) is 36.0 Å². The van der Waals surface area contributed by atoms with Gasteiger partial charge in [0.05, 0.1) is 11.9 Å². The maximum atomic E-state index is 13.0. The van der Waals surface area contributed by atoms with Crippen LogP contribution in [0.25, 0.3) is 16.7 Å². The number of aryl methyl sites for hydroxylation is 1. The fourth-order valence-corrected chi connectivity index (χ4v) is 3.98. The normalized spacial score (nSPS) is 10.8. The molecule has 0 N–H and O–H groups in total. The highest BCUT2D eigenvalue weighted by atomic mass is 79.9. The number of benzene rings is 3. The van der Waals surface area contributed by atoms with Gasteiger partial charge in [-0.15, -0.1) is 11.5 Å². The van der Waals surface area contributed by atoms with Crippen LogP contribution in [0.4, 0.5) is 0 Å². The third kappa shape index (κ3) is 4.88. The van der Waals surface area contributed by atoms with Crippen LogP contribution in [0.5, 0.6) is 11.5 Å². The summed E-state index contributed by atoms with van der Waals surface area (Å²) in [7, 11) is 0. The van der Waals surface area contributed by atoms with Crippen LogP contribution in [0.3, 0.4) is 0 Å². The number of aromatic nitrogens is 3. The summed E-state index contributed by atoms with van der Waals surface area (Å²) in [5.74, 6) is 3.88. The lowest BCUT2D eigenvalue weighted by Gasteiger charge is -2.04. The van der Waals surface area contributed by atoms with E-state index in [0.717, 1.165) is 21.1 Å². The Morgan fingerprint density at radius 1 is 1.06 bits per heavy atom. The van der Waals surface area contributed by atoms with Gasteiger partial charge in [0.15, 0.2) is 5.76 Å². The van der Waals surface area contributed by atoms with Gasteiger partial charge in [-0.1, -0.05) is 27.1 Å². The van der Waals surface area contributed by atoms with Gasteiger partial charge in [-0.2, -0.15) is 0 Å². The molecule has 0 aliphatic rings. The number of ketones is 1. The zero-order chi connectivity index (χ0) is 25.1. The number of rotatable bonds is 8. The van der Waals surface area contributed by atoms with E-state index in [1.54, 1.807) is 29.1 Å². The number of terminal acetylenes is 1. The highest BCUT2D eigenvalue weighted by molar-refractivity contribution is 9.10. The number of hydrogen-bond acceptors (Lipinski definition) is 6. The van der Waals surface area contributed by atoms with Crippen LogP contribution in [-0.2, 0) is 6.61 Å². The molecule has 0 saturated carbocycles. The van der Waals surface area contributed by atoms with Crippen molar-refractivity contribution in [1.82, 2.24) is 15.0 Å². The van der Waals surface area contributed by atoms with E-state index in [1.807, 2.05) is 55.5 Å². The Bertz CT molecular complexity index is 1580. The average molecular weight is 542 g/mol. The Morgan fingerprint density at radius 3 is 2.56 bits per heavy atom. The van der Waals surface area contributed by atoms with Gasteiger partial charge in [-0.05, 0) is 67.6 Å². The predicted octanol–water partition coefficient (Wildman–Crippen LogP) is 5.91. The molecule has 36 heavy (non-hydrogen) atoms. The van der Waals surface area contributed by atoms with Gasteiger partial charge >= 0.3 is 0 Å². The molecule has 0 radical (unpaired) electrons. The van der Waals surface area contributed by atoms with E-state index < -0.39 is 0 Å². The minimum Gasteiger partial charge on any atom is -0.487 e. The highest BCUT2D eigenvalue weighted by Crippen LogP contribution is 2.30. The molecule has 7 nitrogen and oxygen atoms in total. The molecule has 0 unspecified atom stereocenters. The molecule has 0 aliphatic heterocycles. The molecule has 0 amide bonds. The zero-order valence-electron chi connectivity index (χ0n) is 19.3. The van der Waals surface area contributed by atoms with Crippen molar-refractivity contribution in [2.75, 3.05) is 6.61 Å². The first-order chi connectivity index (χ1) is 17.5. The van der Waals surface area contributed by atoms with Gasteiger partial charge in [0.25, 0.3) is 0 Å². The summed E-state index contributed by atoms with van der Waals surface area (Å²) < 4.78 is 19.8. The van der Waals surface area contributed by atoms with Crippen LogP contribution in [0.2, 0.25) is 0 Å². The second kappa shape index (κ2) is 10.1. The lowest BCUT2D eigenvalue weighted by molar-refractivity contribution is 0.101. The van der Waals surface area contributed by atoms with Crippen molar-refractivity contribution in [3.63, 3.8) is 0 Å². The van der Waals surface area contributed by atoms with Gasteiger partial charge in [-0.3, -0.25) is 4.79 Å². The first-order valence-corrected chi connectivity index (χ1v) is 11.9. The van der Waals surface area contributed by atoms with Crippen LogP contribution in [0.15, 0.2) is 81.8 Å². The molecule has 0 atom stereocenters. The second-order valence-electron chi connectivity index (χ2n) is 7.98. The third-order valence-electron chi connectivity index (χ3n) is 5.57. The Labute approximate surface area is 215 Å². The summed E-state index contributed by atoms with van der Waals surface area (Å²) in [6.45, 7) is 2.32. The van der Waals surface area contributed by atoms with Crippen LogP contribution in [0.1, 0.15) is 27.4 Å². The number of carbonyl (C=O) groups is 1. The molecule has 0 bridgehead atoms. The Balaban J connectivity index is 1.28. The van der Waals surface area contributed by atoms with Crippen molar-refractivity contribution in [3.05, 3.63) is 100.0 Å². The van der Waals surface area contributed by atoms with Crippen LogP contribution in [0, 0.1) is 19.3 Å². The summed E-state index contributed by atoms with van der Waals surface area (Å²) in [5.41, 5.74) is 3.43. The maximum Gasteiger partial charge on any atom is 0.228 e. The number of hydrogen-bond donors (Lipinski definition) is 0. The Morgan fingerprint density at radius 2 is 1.81 bits per heavy atom. The summed E-state index contributed by atoms with van der Waals surface area (Å²) in [6, 6.07) is 20.1. The molecule has 0 saturated heterocycles. The predicted molar refractivity (Wildman–Crippen MR) is 139 cm³/mol. The maximum absolute atomic E-state index is 13.0. The fraction of sp³-hybridized carbons (Fsp3) is 0.107. The lowest BCUT2D eigenvalue weighted by Crippen LogP contribution is -2.01. The SMILES string of the molecule is C#CCOc1ccc(-n2cc(COc3ccc4c(C)c(C(=O)c5ccc(Br)cc5)oc4c3)nn2)cc1. The number of carbonyl (C=O) groups excluding carboxylic acids is 1. The third-order valence-corrected chi connectivity index (χ3v) is 6.10. The molecular weight excluding hydrogens is 522 g/mol. The molecular formula is C28H20BrN3O4. The summed E-state index contributed by atoms with van der Waals surface area (Å²) in [4.78, 5) is 13.0. The first-order valence-electron chi connectivity index (χ1n) is 11.1. The van der Waals surface area contributed by atoms with Gasteiger partial charge in [0.2, 0.25) is 5.78 Å². The average Bonchev–Trinajstić information content (AvgIpc) is 3.51. The number of nitrogens with zero attached hydrogens (tertiary/aromatic N) is 3. The molecule has 5 rings (SSSR count). The van der Waals surface area contributed by atoms with Crippen molar-refractivity contribution >= 4 is 32.7 Å². The molecule has 178 valence electrons. The van der Waals surface area contributed by atoms with Crippen molar-refractivity contribution < 1.29 is 18.7 Å². The van der Waals surface area contributed by atoms with Gasteiger partial charge in [-0.25, -0.2) is 4.68 Å². The molecule has 2 aromatic heterocycles. The number of fused-ring (bicyclic) bond motifs is 1. The van der Waals surface area contributed by atoms with E-state index in [0.29, 0.717) is 34.1 Å². The number of furan rings is 1. The Hall–Kier alpha value is -4.35. The highest BCUT2D eigenvalue weighted by Gasteiger charge is 2.19. The topological polar surface area (TPSA) is 79.4 Å². The van der Waals surface area contributed by atoms with Crippen molar-refractivity contribution in [3.8, 4) is 29.5 Å². The first kappa shape index (κ1) is 23.4. The lowest BCUT2D eigenvalue weighted by atomic mass is 10.0. The minimum absolute atomic E-state index is 0.161. The van der Waals surface area contributed by atoms with Crippen LogP contribution < -0.4 is 9.47 Å². The van der Waals surface area contributed by atoms with Crippen molar-refractivity contribution in [1.29, 1.82) is 0 Å². The van der Waals surface area contributed by atoms with E-state index in [2.05, 4.69) is 32.2 Å². The molecule has 5 aromatic rings. The van der Waals surface area contributed by atoms with E-state index in [4.69, 9.17) is 20.3 Å². The largest absolute Gasteiger partial charge is 0.487 e. The summed E-state index contributed by atoms with van der Waals surface area (Å²) in [5, 5.41) is 9.21. The quantitative estimate of drug-likeness (QED) is 0.179. The molecule has 0 spiro atoms. The number of halogens is 1. The van der Waals surface area contributed by atoms with Gasteiger partial charge < -0.3 is 13.9 Å². The fourth-order valence-electron chi connectivity index (χ4n) is 3.71. The van der Waals surface area contributed by atoms with Crippen molar-refractivity contribution in [2.45, 2.75) is 13.5 Å². The van der Waals surface area contributed by atoms with E-state index in [9.17, 15) is 4.79 Å². The Kier molecular flexibility index (Phi) is 6.56. The smallest absolute Gasteiger partial charge is 0.228 e. The van der Waals surface area contributed by atoms with Crippen LogP contribution in [-0.4, -0.2) is 27.4 Å². The standard InChI is InChI=1S/C28H20BrN3O4/c1-3-14-34-23-10-8-22(9-11-23)32-16-21(30-31-32)17-35-24-12-13-25-18(2)28(36-26(25)15-24)27(33)19-4-6-20(29)7-5-19/h1,4-13,15-16H,14,17H2,2H3.